The summed E-state index contributed by atoms with van der Waals surface area (Å²) in [5.41, 5.74) is 0. The first-order valence-corrected chi connectivity index (χ1v) is 15.0. The van der Waals surface area contributed by atoms with Gasteiger partial charge in [-0.2, -0.15) is 0 Å². The number of hydrogen-bond acceptors (Lipinski definition) is 5. The van der Waals surface area contributed by atoms with Crippen LogP contribution in [0.2, 0.25) is 0 Å². The lowest BCUT2D eigenvalue weighted by Gasteiger charge is -2.41. The van der Waals surface area contributed by atoms with Crippen molar-refractivity contribution in [1.29, 1.82) is 0 Å². The molecular formula is C29H57NO5. The van der Waals surface area contributed by atoms with Gasteiger partial charge in [-0.1, -0.05) is 123 Å². The molecule has 1 saturated heterocycles. The molecule has 1 aliphatic heterocycles. The van der Waals surface area contributed by atoms with Gasteiger partial charge in [0.1, 0.15) is 18.3 Å². The van der Waals surface area contributed by atoms with E-state index in [9.17, 15) is 20.1 Å². The Bertz CT molecular complexity index is 503. The highest BCUT2D eigenvalue weighted by atomic mass is 16.5. The van der Waals surface area contributed by atoms with Gasteiger partial charge >= 0.3 is 0 Å². The zero-order valence-corrected chi connectivity index (χ0v) is 23.0. The van der Waals surface area contributed by atoms with E-state index in [4.69, 9.17) is 4.74 Å². The Balaban J connectivity index is 2.36. The Kier molecular flexibility index (Phi) is 19.8. The lowest BCUT2D eigenvalue weighted by atomic mass is 10.0. The maximum Gasteiger partial charge on any atom is 0.224 e. The van der Waals surface area contributed by atoms with Gasteiger partial charge in [0.25, 0.3) is 0 Å². The van der Waals surface area contributed by atoms with E-state index < -0.39 is 24.5 Å². The van der Waals surface area contributed by atoms with Crippen molar-refractivity contribution in [3.05, 3.63) is 0 Å². The predicted octanol–water partition coefficient (Wildman–Crippen LogP) is 6.10. The van der Waals surface area contributed by atoms with E-state index in [1.165, 1.54) is 83.5 Å². The number of carbonyl (C=O) groups is 1. The van der Waals surface area contributed by atoms with Crippen molar-refractivity contribution in [2.75, 3.05) is 13.2 Å². The molecule has 0 saturated carbocycles. The molecular weight excluding hydrogens is 442 g/mol. The lowest BCUT2D eigenvalue weighted by Crippen LogP contribution is -2.60. The number of unbranched alkanes of at least 4 members (excludes halogenated alkanes) is 17. The van der Waals surface area contributed by atoms with E-state index in [0.29, 0.717) is 13.0 Å². The molecule has 1 fully saturated rings. The smallest absolute Gasteiger partial charge is 0.224 e. The Labute approximate surface area is 215 Å². The summed E-state index contributed by atoms with van der Waals surface area (Å²) >= 11 is 0. The summed E-state index contributed by atoms with van der Waals surface area (Å²) in [6, 6.07) is 0. The van der Waals surface area contributed by atoms with Crippen LogP contribution in [0.15, 0.2) is 0 Å². The van der Waals surface area contributed by atoms with Crippen molar-refractivity contribution in [1.82, 2.24) is 4.90 Å². The summed E-state index contributed by atoms with van der Waals surface area (Å²) in [5, 5.41) is 30.4. The minimum absolute atomic E-state index is 0.0171. The fraction of sp³-hybridized carbons (Fsp3) is 0.966. The topological polar surface area (TPSA) is 90.2 Å². The molecule has 0 aromatic carbocycles. The summed E-state index contributed by atoms with van der Waals surface area (Å²) in [7, 11) is 0. The van der Waals surface area contributed by atoms with Crippen molar-refractivity contribution in [2.45, 2.75) is 167 Å². The van der Waals surface area contributed by atoms with Crippen LogP contribution in [0.3, 0.4) is 0 Å². The maximum atomic E-state index is 13.1. The molecule has 4 atom stereocenters. The predicted molar refractivity (Wildman–Crippen MR) is 143 cm³/mol. The number of nitrogens with zero attached hydrogens (tertiary/aromatic N) is 1. The van der Waals surface area contributed by atoms with Gasteiger partial charge in [-0.05, 0) is 12.8 Å². The zero-order chi connectivity index (χ0) is 25.7. The normalized spacial score (nSPS) is 22.4. The Hall–Kier alpha value is -0.690. The molecule has 0 aromatic heterocycles. The second-order valence-corrected chi connectivity index (χ2v) is 10.6. The molecule has 0 aliphatic carbocycles. The summed E-state index contributed by atoms with van der Waals surface area (Å²) in [4.78, 5) is 14.7. The first kappa shape index (κ1) is 32.3. The number of hydrogen-bond donors (Lipinski definition) is 3. The van der Waals surface area contributed by atoms with E-state index in [1.807, 2.05) is 0 Å². The van der Waals surface area contributed by atoms with Gasteiger partial charge in [-0.3, -0.25) is 4.79 Å². The maximum absolute atomic E-state index is 13.1. The molecule has 1 rings (SSSR count). The molecule has 1 unspecified atom stereocenters. The average molecular weight is 500 g/mol. The van der Waals surface area contributed by atoms with Crippen LogP contribution in [0.1, 0.15) is 142 Å². The fourth-order valence-corrected chi connectivity index (χ4v) is 4.96. The average Bonchev–Trinajstić information content (AvgIpc) is 2.85. The molecule has 6 nitrogen and oxygen atoms in total. The number of rotatable bonds is 22. The molecule has 35 heavy (non-hydrogen) atoms. The summed E-state index contributed by atoms with van der Waals surface area (Å²) in [6.07, 6.45) is 18.8. The van der Waals surface area contributed by atoms with Gasteiger partial charge < -0.3 is 25.0 Å². The van der Waals surface area contributed by atoms with Crippen molar-refractivity contribution >= 4 is 5.91 Å². The molecule has 3 N–H and O–H groups in total. The van der Waals surface area contributed by atoms with Gasteiger partial charge in [0.05, 0.1) is 6.61 Å². The standard InChI is InChI=1S/C29H57NO5/c1-3-5-7-9-11-13-15-17-19-21-23-30(29-28(34)27(33)25(31)24-35-29)26(32)22-20-18-16-14-12-10-8-6-4-2/h25,27-29,31,33-34H,3-24H2,1-2H3/t25-,27+,28+,29?/m1/s1. The Morgan fingerprint density at radius 2 is 1.09 bits per heavy atom. The Morgan fingerprint density at radius 1 is 0.657 bits per heavy atom. The molecule has 1 amide bonds. The van der Waals surface area contributed by atoms with Gasteiger partial charge in [0, 0.05) is 13.0 Å². The van der Waals surface area contributed by atoms with Crippen LogP contribution < -0.4 is 0 Å². The van der Waals surface area contributed by atoms with Crippen molar-refractivity contribution < 1.29 is 24.9 Å². The zero-order valence-electron chi connectivity index (χ0n) is 23.0. The number of aliphatic hydroxyl groups is 3. The fourth-order valence-electron chi connectivity index (χ4n) is 4.96. The van der Waals surface area contributed by atoms with E-state index >= 15 is 0 Å². The SMILES string of the molecule is CCCCCCCCCCCCN(C(=O)CCCCCCCCCCC)C1OC[C@@H](O)[C@H](O)[C@@H]1O. The van der Waals surface area contributed by atoms with Crippen molar-refractivity contribution in [3.63, 3.8) is 0 Å². The summed E-state index contributed by atoms with van der Waals surface area (Å²) in [6.45, 7) is 4.93. The van der Waals surface area contributed by atoms with Crippen LogP contribution in [-0.4, -0.2) is 63.8 Å². The van der Waals surface area contributed by atoms with Crippen LogP contribution in [0, 0.1) is 0 Å². The van der Waals surface area contributed by atoms with Gasteiger partial charge in [-0.25, -0.2) is 0 Å². The van der Waals surface area contributed by atoms with E-state index in [-0.39, 0.29) is 12.5 Å². The molecule has 0 spiro atoms. The van der Waals surface area contributed by atoms with Crippen LogP contribution in [0.5, 0.6) is 0 Å². The number of aliphatic hydroxyl groups excluding tert-OH is 3. The highest BCUT2D eigenvalue weighted by Crippen LogP contribution is 2.22. The molecule has 0 radical (unpaired) electrons. The van der Waals surface area contributed by atoms with Crippen LogP contribution in [-0.2, 0) is 9.53 Å². The van der Waals surface area contributed by atoms with Crippen LogP contribution in [0.25, 0.3) is 0 Å². The van der Waals surface area contributed by atoms with Gasteiger partial charge in [0.15, 0.2) is 6.23 Å². The number of carbonyl (C=O) groups excluding carboxylic acids is 1. The highest BCUT2D eigenvalue weighted by Gasteiger charge is 2.41. The van der Waals surface area contributed by atoms with Crippen molar-refractivity contribution in [2.24, 2.45) is 0 Å². The van der Waals surface area contributed by atoms with E-state index in [1.54, 1.807) is 4.90 Å². The monoisotopic (exact) mass is 499 g/mol. The molecule has 6 heteroatoms. The van der Waals surface area contributed by atoms with E-state index in [2.05, 4.69) is 13.8 Å². The minimum Gasteiger partial charge on any atom is -0.388 e. The highest BCUT2D eigenvalue weighted by molar-refractivity contribution is 5.76. The lowest BCUT2D eigenvalue weighted by molar-refractivity contribution is -0.228. The first-order chi connectivity index (χ1) is 17.0. The van der Waals surface area contributed by atoms with Crippen molar-refractivity contribution in [3.8, 4) is 0 Å². The second kappa shape index (κ2) is 21.4. The third-order valence-electron chi connectivity index (χ3n) is 7.35. The Morgan fingerprint density at radius 3 is 1.57 bits per heavy atom. The largest absolute Gasteiger partial charge is 0.388 e. The second-order valence-electron chi connectivity index (χ2n) is 10.6. The van der Waals surface area contributed by atoms with Gasteiger partial charge in [0.2, 0.25) is 5.91 Å². The molecule has 208 valence electrons. The number of ether oxygens (including phenoxy) is 1. The van der Waals surface area contributed by atoms with Crippen LogP contribution >= 0.6 is 0 Å². The summed E-state index contributed by atoms with van der Waals surface area (Å²) < 4.78 is 5.64. The number of amides is 1. The third kappa shape index (κ3) is 14.6. The minimum atomic E-state index is -1.29. The molecule has 1 aliphatic rings. The molecule has 0 aromatic rings. The first-order valence-electron chi connectivity index (χ1n) is 15.0. The van der Waals surface area contributed by atoms with Crippen LogP contribution in [0.4, 0.5) is 0 Å². The van der Waals surface area contributed by atoms with E-state index in [0.717, 1.165) is 38.5 Å². The third-order valence-corrected chi connectivity index (χ3v) is 7.35. The quantitative estimate of drug-likeness (QED) is 0.157. The molecule has 1 heterocycles. The molecule has 0 bridgehead atoms. The summed E-state index contributed by atoms with van der Waals surface area (Å²) in [5.74, 6) is -0.0171. The van der Waals surface area contributed by atoms with Gasteiger partial charge in [-0.15, -0.1) is 0 Å².